The lowest BCUT2D eigenvalue weighted by molar-refractivity contribution is 0.590. The maximum atomic E-state index is 2.61. The maximum absolute atomic E-state index is 2.61. The Hall–Kier alpha value is -7.36. The summed E-state index contributed by atoms with van der Waals surface area (Å²) in [4.78, 5) is 5.22. The van der Waals surface area contributed by atoms with E-state index in [0.717, 1.165) is 11.4 Å². The molecule has 0 N–H and O–H groups in total. The largest absolute Gasteiger partial charge is 0.311 e. The van der Waals surface area contributed by atoms with Crippen molar-refractivity contribution in [1.29, 1.82) is 0 Å². The van der Waals surface area contributed by atoms with Gasteiger partial charge in [0.05, 0.1) is 0 Å². The van der Waals surface area contributed by atoms with E-state index in [0.29, 0.717) is 0 Å². The topological polar surface area (TPSA) is 6.48 Å². The zero-order chi connectivity index (χ0) is 47.8. The highest BCUT2D eigenvalue weighted by Crippen LogP contribution is 2.49. The number of fused-ring (bicyclic) bond motifs is 4. The summed E-state index contributed by atoms with van der Waals surface area (Å²) in [6.07, 6.45) is 0. The molecule has 3 heteroatoms. The molecule has 2 aliphatic rings. The molecule has 11 rings (SSSR count). The third-order valence-electron chi connectivity index (χ3n) is 14.4. The first-order chi connectivity index (χ1) is 33.1. The fourth-order valence-corrected chi connectivity index (χ4v) is 10.6. The summed E-state index contributed by atoms with van der Waals surface area (Å²) in [5.41, 5.74) is 24.4. The van der Waals surface area contributed by atoms with Crippen molar-refractivity contribution >= 4 is 57.2 Å². The zero-order valence-corrected chi connectivity index (χ0v) is 41.6. The van der Waals surface area contributed by atoms with Gasteiger partial charge in [-0.25, -0.2) is 0 Å². The summed E-state index contributed by atoms with van der Waals surface area (Å²) in [6.45, 7) is 21.1. The van der Waals surface area contributed by atoms with Crippen LogP contribution in [-0.2, 0) is 16.2 Å². The highest BCUT2D eigenvalue weighted by molar-refractivity contribution is 7.00. The summed E-state index contributed by atoms with van der Waals surface area (Å²) in [6, 6.07) is 77.7. The first-order valence-corrected chi connectivity index (χ1v) is 24.7. The van der Waals surface area contributed by atoms with E-state index >= 15 is 0 Å². The van der Waals surface area contributed by atoms with Crippen LogP contribution < -0.4 is 26.2 Å². The minimum absolute atomic E-state index is 0.0251. The molecule has 0 saturated carbocycles. The van der Waals surface area contributed by atoms with E-state index in [4.69, 9.17) is 0 Å². The van der Waals surface area contributed by atoms with Crippen molar-refractivity contribution in [3.05, 3.63) is 223 Å². The Bertz CT molecular complexity index is 3040. The summed E-state index contributed by atoms with van der Waals surface area (Å²) in [5.74, 6) is 0. The second-order valence-corrected chi connectivity index (χ2v) is 22.3. The molecule has 0 spiro atoms. The van der Waals surface area contributed by atoms with Gasteiger partial charge in [-0.05, 0) is 154 Å². The molecule has 2 heterocycles. The van der Waals surface area contributed by atoms with Crippen molar-refractivity contribution < 1.29 is 0 Å². The molecular formula is C66H61BN2. The van der Waals surface area contributed by atoms with Gasteiger partial charge in [-0.1, -0.05) is 208 Å². The molecule has 0 fully saturated rings. The molecule has 0 aliphatic carbocycles. The molecule has 69 heavy (non-hydrogen) atoms. The van der Waals surface area contributed by atoms with E-state index < -0.39 is 0 Å². The Labute approximate surface area is 411 Å². The van der Waals surface area contributed by atoms with Crippen LogP contribution in [0.1, 0.15) is 79.0 Å². The normalized spacial score (nSPS) is 13.2. The van der Waals surface area contributed by atoms with Gasteiger partial charge in [0, 0.05) is 34.1 Å². The van der Waals surface area contributed by atoms with Gasteiger partial charge in [0.1, 0.15) is 0 Å². The fourth-order valence-electron chi connectivity index (χ4n) is 10.6. The SMILES string of the molecule is CC(C)(C)c1ccc2c(c1)B1c3cc(C(C)(C)C)ccc3N(c3cc(-c4ccccc4)cc(-c4ccccc4)c3)c3cc(C(C)(C)C)cc(c31)N2c1cc(-c2ccccc2)cc(-c2ccccc2)c1. The lowest BCUT2D eigenvalue weighted by Crippen LogP contribution is -2.61. The van der Waals surface area contributed by atoms with E-state index in [1.54, 1.807) is 0 Å². The van der Waals surface area contributed by atoms with E-state index in [9.17, 15) is 0 Å². The van der Waals surface area contributed by atoms with Crippen LogP contribution in [0.15, 0.2) is 206 Å². The Balaban J connectivity index is 1.27. The van der Waals surface area contributed by atoms with Crippen molar-refractivity contribution in [2.24, 2.45) is 0 Å². The number of rotatable bonds is 6. The predicted octanol–water partition coefficient (Wildman–Crippen LogP) is 16.3. The van der Waals surface area contributed by atoms with Crippen molar-refractivity contribution in [2.45, 2.75) is 78.6 Å². The zero-order valence-electron chi connectivity index (χ0n) is 41.6. The van der Waals surface area contributed by atoms with Gasteiger partial charge in [-0.15, -0.1) is 0 Å². The third kappa shape index (κ3) is 8.08. The Morgan fingerprint density at radius 1 is 0.275 bits per heavy atom. The van der Waals surface area contributed by atoms with Crippen molar-refractivity contribution in [3.8, 4) is 44.5 Å². The molecule has 2 nitrogen and oxygen atoms in total. The lowest BCUT2D eigenvalue weighted by atomic mass is 9.33. The molecule has 0 unspecified atom stereocenters. The van der Waals surface area contributed by atoms with Crippen LogP contribution in [0.3, 0.4) is 0 Å². The second kappa shape index (κ2) is 16.7. The van der Waals surface area contributed by atoms with Crippen LogP contribution in [0.25, 0.3) is 44.5 Å². The van der Waals surface area contributed by atoms with Crippen LogP contribution in [0.2, 0.25) is 0 Å². The molecule has 9 aromatic carbocycles. The minimum atomic E-state index is -0.159. The monoisotopic (exact) mass is 892 g/mol. The Morgan fingerprint density at radius 2 is 0.580 bits per heavy atom. The van der Waals surface area contributed by atoms with Gasteiger partial charge in [0.15, 0.2) is 0 Å². The number of nitrogens with zero attached hydrogens (tertiary/aromatic N) is 2. The smallest absolute Gasteiger partial charge is 0.252 e. The maximum Gasteiger partial charge on any atom is 0.252 e. The van der Waals surface area contributed by atoms with Crippen LogP contribution in [0.4, 0.5) is 34.1 Å². The Kier molecular flexibility index (Phi) is 10.7. The van der Waals surface area contributed by atoms with E-state index in [-0.39, 0.29) is 23.0 Å². The second-order valence-electron chi connectivity index (χ2n) is 22.3. The van der Waals surface area contributed by atoms with E-state index in [2.05, 4.69) is 278 Å². The summed E-state index contributed by atoms with van der Waals surface area (Å²) >= 11 is 0. The highest BCUT2D eigenvalue weighted by Gasteiger charge is 2.45. The third-order valence-corrected chi connectivity index (χ3v) is 14.4. The predicted molar refractivity (Wildman–Crippen MR) is 298 cm³/mol. The minimum Gasteiger partial charge on any atom is -0.311 e. The standard InChI is InChI=1S/C66H61BN2/c1-64(2,3)52-30-32-59-57(40-52)67-58-41-53(65(4,5)6)31-33-60(58)69(56-38-50(46-26-18-12-19-27-46)35-51(39-56)47-28-20-13-21-29-47)62-43-54(66(7,8)9)42-61(63(62)67)68(59)55-36-48(44-22-14-10-15-23-44)34-49(37-55)45-24-16-11-17-25-45/h10-43H,1-9H3. The molecule has 338 valence electrons. The average Bonchev–Trinajstić information content (AvgIpc) is 3.35. The van der Waals surface area contributed by atoms with Gasteiger partial charge in [-0.3, -0.25) is 0 Å². The molecular weight excluding hydrogens is 832 g/mol. The summed E-state index contributed by atoms with van der Waals surface area (Å²) in [7, 11) is 0. The number of hydrogen-bond donors (Lipinski definition) is 0. The molecule has 0 bridgehead atoms. The summed E-state index contributed by atoms with van der Waals surface area (Å²) < 4.78 is 0. The van der Waals surface area contributed by atoms with Crippen LogP contribution in [0.5, 0.6) is 0 Å². The number of hydrogen-bond acceptors (Lipinski definition) is 2. The molecule has 9 aromatic rings. The first-order valence-electron chi connectivity index (χ1n) is 24.7. The van der Waals surface area contributed by atoms with Gasteiger partial charge >= 0.3 is 0 Å². The van der Waals surface area contributed by atoms with Crippen molar-refractivity contribution in [1.82, 2.24) is 0 Å². The van der Waals surface area contributed by atoms with Crippen LogP contribution in [0, 0.1) is 0 Å². The summed E-state index contributed by atoms with van der Waals surface area (Å²) in [5, 5.41) is 0. The first kappa shape index (κ1) is 44.2. The van der Waals surface area contributed by atoms with Crippen molar-refractivity contribution in [3.63, 3.8) is 0 Å². The lowest BCUT2D eigenvalue weighted by Gasteiger charge is -2.46. The molecule has 0 atom stereocenters. The highest BCUT2D eigenvalue weighted by atomic mass is 15.2. The van der Waals surface area contributed by atoms with Gasteiger partial charge in [-0.2, -0.15) is 0 Å². The van der Waals surface area contributed by atoms with E-state index in [1.807, 2.05) is 0 Å². The van der Waals surface area contributed by atoms with Crippen molar-refractivity contribution in [2.75, 3.05) is 9.80 Å². The Morgan fingerprint density at radius 3 is 0.870 bits per heavy atom. The van der Waals surface area contributed by atoms with E-state index in [1.165, 1.54) is 100 Å². The molecule has 2 aliphatic heterocycles. The fraction of sp³-hybridized carbons (Fsp3) is 0.182. The van der Waals surface area contributed by atoms with Gasteiger partial charge in [0.25, 0.3) is 6.71 Å². The van der Waals surface area contributed by atoms with Gasteiger partial charge < -0.3 is 9.80 Å². The average molecular weight is 893 g/mol. The molecule has 0 saturated heterocycles. The molecule has 0 radical (unpaired) electrons. The van der Waals surface area contributed by atoms with Gasteiger partial charge in [0.2, 0.25) is 0 Å². The number of anilines is 6. The molecule has 0 amide bonds. The molecule has 0 aromatic heterocycles. The number of benzene rings is 9. The van der Waals surface area contributed by atoms with Crippen LogP contribution >= 0.6 is 0 Å². The quantitative estimate of drug-likeness (QED) is 0.154. The van der Waals surface area contributed by atoms with Crippen LogP contribution in [-0.4, -0.2) is 6.71 Å².